The molecule has 0 aliphatic rings. The van der Waals surface area contributed by atoms with Crippen LogP contribution in [-0.4, -0.2) is 23.6 Å². The Balaban J connectivity index is 2.61. The van der Waals surface area contributed by atoms with Gasteiger partial charge in [0.2, 0.25) is 0 Å². The Bertz CT molecular complexity index is 402. The van der Waals surface area contributed by atoms with Gasteiger partial charge in [0.1, 0.15) is 5.75 Å². The summed E-state index contributed by atoms with van der Waals surface area (Å²) >= 11 is 0. The number of carbonyl (C=O) groups is 1. The number of aryl methyl sites for hydroxylation is 1. The van der Waals surface area contributed by atoms with E-state index in [1.807, 2.05) is 13.8 Å². The fourth-order valence-corrected chi connectivity index (χ4v) is 1.35. The molecule has 0 spiro atoms. The number of carbonyl (C=O) groups excluding carboxylic acids is 1. The number of aromatic hydroxyl groups is 1. The van der Waals surface area contributed by atoms with Gasteiger partial charge in [0.25, 0.3) is 5.91 Å². The molecule has 1 aromatic rings. The summed E-state index contributed by atoms with van der Waals surface area (Å²) < 4.78 is 0. The molecule has 0 aromatic heterocycles. The third-order valence-corrected chi connectivity index (χ3v) is 2.81. The first kappa shape index (κ1) is 13.5. The minimum atomic E-state index is -0.163. The van der Waals surface area contributed by atoms with Crippen molar-refractivity contribution in [2.24, 2.45) is 11.7 Å². The predicted molar refractivity (Wildman–Crippen MR) is 68.0 cm³/mol. The minimum Gasteiger partial charge on any atom is -0.508 e. The van der Waals surface area contributed by atoms with E-state index in [-0.39, 0.29) is 17.7 Å². The van der Waals surface area contributed by atoms with Crippen LogP contribution in [-0.2, 0) is 0 Å². The number of amides is 1. The molecule has 0 heterocycles. The van der Waals surface area contributed by atoms with E-state index >= 15 is 0 Å². The van der Waals surface area contributed by atoms with Crippen molar-refractivity contribution in [3.63, 3.8) is 0 Å². The summed E-state index contributed by atoms with van der Waals surface area (Å²) in [5.74, 6) is 0.362. The molecule has 0 fully saturated rings. The summed E-state index contributed by atoms with van der Waals surface area (Å²) in [4.78, 5) is 11.8. The third-order valence-electron chi connectivity index (χ3n) is 2.81. The van der Waals surface area contributed by atoms with Crippen molar-refractivity contribution in [3.05, 3.63) is 29.3 Å². The number of nitrogens with one attached hydrogen (secondary N) is 1. The highest BCUT2D eigenvalue weighted by atomic mass is 16.3. The average molecular weight is 236 g/mol. The number of phenolic OH excluding ortho intramolecular Hbond substituents is 1. The van der Waals surface area contributed by atoms with Crippen LogP contribution in [0.4, 0.5) is 0 Å². The van der Waals surface area contributed by atoms with Crippen LogP contribution in [0.5, 0.6) is 5.75 Å². The van der Waals surface area contributed by atoms with Gasteiger partial charge in [-0.3, -0.25) is 4.79 Å². The molecule has 0 radical (unpaired) electrons. The topological polar surface area (TPSA) is 75.4 Å². The molecule has 1 aromatic carbocycles. The highest BCUT2D eigenvalue weighted by molar-refractivity contribution is 5.94. The molecular formula is C13H20N2O2. The Labute approximate surface area is 102 Å². The van der Waals surface area contributed by atoms with Crippen molar-refractivity contribution in [1.82, 2.24) is 5.32 Å². The molecule has 0 aliphatic heterocycles. The lowest BCUT2D eigenvalue weighted by molar-refractivity contribution is 0.0949. The first-order valence-corrected chi connectivity index (χ1v) is 5.75. The number of benzene rings is 1. The van der Waals surface area contributed by atoms with Gasteiger partial charge < -0.3 is 16.2 Å². The molecule has 4 nitrogen and oxygen atoms in total. The SMILES string of the molecule is Cc1cc(C(=O)NCC(N)C(C)C)ccc1O. The monoisotopic (exact) mass is 236 g/mol. The van der Waals surface area contributed by atoms with Crippen LogP contribution in [0.1, 0.15) is 29.8 Å². The molecule has 1 unspecified atom stereocenters. The Morgan fingerprint density at radius 3 is 2.65 bits per heavy atom. The highest BCUT2D eigenvalue weighted by Crippen LogP contribution is 2.16. The van der Waals surface area contributed by atoms with Crippen LogP contribution in [0.25, 0.3) is 0 Å². The van der Waals surface area contributed by atoms with Crippen molar-refractivity contribution < 1.29 is 9.90 Å². The number of hydrogen-bond donors (Lipinski definition) is 3. The lowest BCUT2D eigenvalue weighted by Gasteiger charge is -2.16. The summed E-state index contributed by atoms with van der Waals surface area (Å²) in [5.41, 5.74) is 7.07. The largest absolute Gasteiger partial charge is 0.508 e. The molecule has 0 saturated carbocycles. The lowest BCUT2D eigenvalue weighted by atomic mass is 10.1. The first-order chi connectivity index (χ1) is 7.91. The second-order valence-electron chi connectivity index (χ2n) is 4.62. The fourth-order valence-electron chi connectivity index (χ4n) is 1.35. The maximum absolute atomic E-state index is 11.8. The van der Waals surface area contributed by atoms with E-state index in [0.29, 0.717) is 23.6 Å². The Morgan fingerprint density at radius 2 is 2.12 bits per heavy atom. The Kier molecular flexibility index (Phi) is 4.52. The highest BCUT2D eigenvalue weighted by Gasteiger charge is 2.11. The van der Waals surface area contributed by atoms with Crippen LogP contribution in [0.2, 0.25) is 0 Å². The number of phenols is 1. The fraction of sp³-hybridized carbons (Fsp3) is 0.462. The van der Waals surface area contributed by atoms with E-state index < -0.39 is 0 Å². The number of nitrogens with two attached hydrogens (primary N) is 1. The molecule has 1 atom stereocenters. The van der Waals surface area contributed by atoms with E-state index in [9.17, 15) is 9.90 Å². The van der Waals surface area contributed by atoms with Crippen LogP contribution >= 0.6 is 0 Å². The first-order valence-electron chi connectivity index (χ1n) is 5.75. The van der Waals surface area contributed by atoms with Crippen molar-refractivity contribution in [1.29, 1.82) is 0 Å². The van der Waals surface area contributed by atoms with Crippen LogP contribution < -0.4 is 11.1 Å². The molecule has 0 bridgehead atoms. The van der Waals surface area contributed by atoms with Crippen molar-refractivity contribution >= 4 is 5.91 Å². The standard InChI is InChI=1S/C13H20N2O2/c1-8(2)11(14)7-15-13(17)10-4-5-12(16)9(3)6-10/h4-6,8,11,16H,7,14H2,1-3H3,(H,15,17). The van der Waals surface area contributed by atoms with Crippen molar-refractivity contribution in [2.75, 3.05) is 6.54 Å². The van der Waals surface area contributed by atoms with E-state index in [1.165, 1.54) is 6.07 Å². The minimum absolute atomic E-state index is 0.0443. The maximum Gasteiger partial charge on any atom is 0.251 e. The van der Waals surface area contributed by atoms with Gasteiger partial charge in [0.05, 0.1) is 0 Å². The molecule has 17 heavy (non-hydrogen) atoms. The Hall–Kier alpha value is -1.55. The zero-order chi connectivity index (χ0) is 13.0. The smallest absolute Gasteiger partial charge is 0.251 e. The molecule has 4 heteroatoms. The summed E-state index contributed by atoms with van der Waals surface area (Å²) in [7, 11) is 0. The van der Waals surface area contributed by atoms with E-state index in [4.69, 9.17) is 5.73 Å². The van der Waals surface area contributed by atoms with E-state index in [1.54, 1.807) is 19.1 Å². The quantitative estimate of drug-likeness (QED) is 0.740. The molecule has 1 rings (SSSR count). The number of rotatable bonds is 4. The zero-order valence-electron chi connectivity index (χ0n) is 10.5. The molecule has 94 valence electrons. The summed E-state index contributed by atoms with van der Waals surface area (Å²) in [6.45, 7) is 6.24. The summed E-state index contributed by atoms with van der Waals surface area (Å²) in [6, 6.07) is 4.73. The van der Waals surface area contributed by atoms with Gasteiger partial charge in [-0.25, -0.2) is 0 Å². The normalized spacial score (nSPS) is 12.5. The van der Waals surface area contributed by atoms with Crippen LogP contribution in [0, 0.1) is 12.8 Å². The van der Waals surface area contributed by atoms with E-state index in [2.05, 4.69) is 5.32 Å². The zero-order valence-corrected chi connectivity index (χ0v) is 10.5. The molecule has 0 saturated heterocycles. The molecule has 0 aliphatic carbocycles. The molecular weight excluding hydrogens is 216 g/mol. The summed E-state index contributed by atoms with van der Waals surface area (Å²) in [5, 5.41) is 12.1. The second-order valence-corrected chi connectivity index (χ2v) is 4.62. The third kappa shape index (κ3) is 3.75. The molecule has 4 N–H and O–H groups in total. The van der Waals surface area contributed by atoms with Gasteiger partial charge in [-0.05, 0) is 36.6 Å². The summed E-state index contributed by atoms with van der Waals surface area (Å²) in [6.07, 6.45) is 0. The maximum atomic E-state index is 11.8. The average Bonchev–Trinajstić information content (AvgIpc) is 2.28. The van der Waals surface area contributed by atoms with E-state index in [0.717, 1.165) is 0 Å². The van der Waals surface area contributed by atoms with Gasteiger partial charge in [-0.15, -0.1) is 0 Å². The Morgan fingerprint density at radius 1 is 1.47 bits per heavy atom. The van der Waals surface area contributed by atoms with Gasteiger partial charge in [0.15, 0.2) is 0 Å². The van der Waals surface area contributed by atoms with Crippen molar-refractivity contribution in [3.8, 4) is 5.75 Å². The van der Waals surface area contributed by atoms with Gasteiger partial charge >= 0.3 is 0 Å². The van der Waals surface area contributed by atoms with Gasteiger partial charge in [-0.2, -0.15) is 0 Å². The second kappa shape index (κ2) is 5.68. The number of hydrogen-bond acceptors (Lipinski definition) is 3. The molecule has 1 amide bonds. The lowest BCUT2D eigenvalue weighted by Crippen LogP contribution is -2.40. The van der Waals surface area contributed by atoms with Gasteiger partial charge in [-0.1, -0.05) is 13.8 Å². The van der Waals surface area contributed by atoms with Crippen molar-refractivity contribution in [2.45, 2.75) is 26.8 Å². The predicted octanol–water partition coefficient (Wildman–Crippen LogP) is 1.41. The van der Waals surface area contributed by atoms with Crippen LogP contribution in [0.15, 0.2) is 18.2 Å². The van der Waals surface area contributed by atoms with Crippen LogP contribution in [0.3, 0.4) is 0 Å². The van der Waals surface area contributed by atoms with Gasteiger partial charge in [0, 0.05) is 18.2 Å².